The lowest BCUT2D eigenvalue weighted by Crippen LogP contribution is -2.05. The fraction of sp³-hybridized carbons (Fsp3) is 0.600. The van der Waals surface area contributed by atoms with Crippen molar-refractivity contribution in [3.05, 3.63) is 16.8 Å². The summed E-state index contributed by atoms with van der Waals surface area (Å²) in [6, 6.07) is 1.87. The summed E-state index contributed by atoms with van der Waals surface area (Å²) in [6.45, 7) is 0. The Kier molecular flexibility index (Phi) is 3.70. The maximum atomic E-state index is 6.01. The number of aromatic nitrogens is 2. The number of hydrogen-bond donors (Lipinski definition) is 0. The van der Waals surface area contributed by atoms with E-state index in [0.717, 1.165) is 5.69 Å². The van der Waals surface area contributed by atoms with Crippen LogP contribution in [0.4, 0.5) is 0 Å². The number of nitrogens with zero attached hydrogens (tertiary/aromatic N) is 2. The van der Waals surface area contributed by atoms with Crippen molar-refractivity contribution in [1.29, 1.82) is 0 Å². The lowest BCUT2D eigenvalue weighted by atomic mass is 10.1. The highest BCUT2D eigenvalue weighted by Gasteiger charge is 2.19. The Balaban J connectivity index is 2.17. The maximum Gasteiger partial charge on any atom is 0.252 e. The third-order valence-corrected chi connectivity index (χ3v) is 4.11. The predicted molar refractivity (Wildman–Crippen MR) is 62.6 cm³/mol. The van der Waals surface area contributed by atoms with Gasteiger partial charge in [0.25, 0.3) is 5.88 Å². The molecule has 2 rings (SSSR count). The number of hydrogen-bond acceptors (Lipinski definition) is 4. The molecular weight excluding hydrogens is 232 g/mol. The summed E-state index contributed by atoms with van der Waals surface area (Å²) in [6.07, 6.45) is 3.74. The molecule has 1 fully saturated rings. The molecule has 1 aromatic heterocycles. The standard InChI is InChI=1S/C10H13ClN2OS/c1-14-10-7(11)6-8(12-13-10)9-4-2-3-5-15-9/h6,9H,2-5H2,1H3. The molecule has 0 bridgehead atoms. The summed E-state index contributed by atoms with van der Waals surface area (Å²) in [4.78, 5) is 0. The first kappa shape index (κ1) is 11.0. The van der Waals surface area contributed by atoms with Gasteiger partial charge in [0, 0.05) is 5.25 Å². The minimum atomic E-state index is 0.404. The van der Waals surface area contributed by atoms with Gasteiger partial charge in [-0.05, 0) is 24.7 Å². The second-order valence-corrected chi connectivity index (χ2v) is 5.20. The van der Waals surface area contributed by atoms with Gasteiger partial charge in [0.2, 0.25) is 0 Å². The summed E-state index contributed by atoms with van der Waals surface area (Å²) in [5, 5.41) is 9.11. The summed E-state index contributed by atoms with van der Waals surface area (Å²) < 4.78 is 4.97. The highest BCUT2D eigenvalue weighted by atomic mass is 35.5. The Bertz CT molecular complexity index is 342. The maximum absolute atomic E-state index is 6.01. The summed E-state index contributed by atoms with van der Waals surface area (Å²) in [7, 11) is 1.55. The summed E-state index contributed by atoms with van der Waals surface area (Å²) in [5.41, 5.74) is 0.977. The number of methoxy groups -OCH3 is 1. The fourth-order valence-corrected chi connectivity index (χ4v) is 3.14. The second-order valence-electron chi connectivity index (χ2n) is 3.48. The molecule has 0 N–H and O–H groups in total. The van der Waals surface area contributed by atoms with Crippen molar-refractivity contribution in [2.75, 3.05) is 12.9 Å². The first-order chi connectivity index (χ1) is 7.31. The Hall–Kier alpha value is -0.480. The lowest BCUT2D eigenvalue weighted by molar-refractivity contribution is 0.391. The average Bonchev–Trinajstić information content (AvgIpc) is 2.30. The van der Waals surface area contributed by atoms with Crippen LogP contribution in [0.2, 0.25) is 5.02 Å². The van der Waals surface area contributed by atoms with Crippen molar-refractivity contribution < 1.29 is 4.74 Å². The first-order valence-electron chi connectivity index (χ1n) is 5.00. The minimum absolute atomic E-state index is 0.404. The molecular formula is C10H13ClN2OS. The third-order valence-electron chi connectivity index (χ3n) is 2.44. The second kappa shape index (κ2) is 5.03. The quantitative estimate of drug-likeness (QED) is 0.801. The number of rotatable bonds is 2. The molecule has 1 aromatic rings. The predicted octanol–water partition coefficient (Wildman–Crippen LogP) is 3.10. The van der Waals surface area contributed by atoms with Gasteiger partial charge in [0.1, 0.15) is 5.02 Å². The molecule has 1 atom stereocenters. The Morgan fingerprint density at radius 1 is 1.47 bits per heavy atom. The molecule has 1 saturated heterocycles. The zero-order chi connectivity index (χ0) is 10.7. The first-order valence-corrected chi connectivity index (χ1v) is 6.42. The normalized spacial score (nSPS) is 21.3. The SMILES string of the molecule is COc1nnc(C2CCCCS2)cc1Cl. The van der Waals surface area contributed by atoms with E-state index in [2.05, 4.69) is 10.2 Å². The molecule has 1 aliphatic heterocycles. The number of thioether (sulfide) groups is 1. The van der Waals surface area contributed by atoms with Crippen LogP contribution in [0.3, 0.4) is 0 Å². The van der Waals surface area contributed by atoms with Gasteiger partial charge in [-0.2, -0.15) is 16.9 Å². The Labute approximate surface area is 98.6 Å². The van der Waals surface area contributed by atoms with Crippen molar-refractivity contribution in [3.8, 4) is 5.88 Å². The van der Waals surface area contributed by atoms with Crippen molar-refractivity contribution in [1.82, 2.24) is 10.2 Å². The van der Waals surface area contributed by atoms with Crippen LogP contribution in [-0.2, 0) is 0 Å². The zero-order valence-corrected chi connectivity index (χ0v) is 10.1. The van der Waals surface area contributed by atoms with E-state index in [1.165, 1.54) is 25.0 Å². The Morgan fingerprint density at radius 3 is 2.93 bits per heavy atom. The van der Waals surface area contributed by atoms with E-state index in [4.69, 9.17) is 16.3 Å². The van der Waals surface area contributed by atoms with Crippen molar-refractivity contribution >= 4 is 23.4 Å². The minimum Gasteiger partial charge on any atom is -0.479 e. The van der Waals surface area contributed by atoms with Gasteiger partial charge >= 0.3 is 0 Å². The van der Waals surface area contributed by atoms with E-state index in [1.807, 2.05) is 17.8 Å². The highest BCUT2D eigenvalue weighted by Crippen LogP contribution is 2.38. The van der Waals surface area contributed by atoms with E-state index < -0.39 is 0 Å². The van der Waals surface area contributed by atoms with Crippen LogP contribution in [0.15, 0.2) is 6.07 Å². The molecule has 0 aliphatic carbocycles. The van der Waals surface area contributed by atoms with Crippen molar-refractivity contribution in [2.24, 2.45) is 0 Å². The molecule has 15 heavy (non-hydrogen) atoms. The van der Waals surface area contributed by atoms with E-state index in [0.29, 0.717) is 16.2 Å². The molecule has 82 valence electrons. The molecule has 0 saturated carbocycles. The van der Waals surface area contributed by atoms with Gasteiger partial charge < -0.3 is 4.74 Å². The molecule has 3 nitrogen and oxygen atoms in total. The average molecular weight is 245 g/mol. The van der Waals surface area contributed by atoms with Crippen LogP contribution in [0, 0.1) is 0 Å². The van der Waals surface area contributed by atoms with Crippen molar-refractivity contribution in [3.63, 3.8) is 0 Å². The monoisotopic (exact) mass is 244 g/mol. The molecule has 0 amide bonds. The van der Waals surface area contributed by atoms with Gasteiger partial charge in [-0.1, -0.05) is 18.0 Å². The lowest BCUT2D eigenvalue weighted by Gasteiger charge is -2.20. The van der Waals surface area contributed by atoms with Gasteiger partial charge in [0.05, 0.1) is 12.8 Å². The molecule has 0 aromatic carbocycles. The fourth-order valence-electron chi connectivity index (χ4n) is 1.64. The van der Waals surface area contributed by atoms with Crippen LogP contribution < -0.4 is 4.74 Å². The van der Waals surface area contributed by atoms with E-state index >= 15 is 0 Å². The molecule has 0 radical (unpaired) electrons. The summed E-state index contributed by atoms with van der Waals surface area (Å²) in [5.74, 6) is 1.61. The van der Waals surface area contributed by atoms with Crippen LogP contribution in [0.5, 0.6) is 5.88 Å². The Morgan fingerprint density at radius 2 is 2.33 bits per heavy atom. The molecule has 1 unspecified atom stereocenters. The highest BCUT2D eigenvalue weighted by molar-refractivity contribution is 7.99. The topological polar surface area (TPSA) is 35.0 Å². The molecule has 2 heterocycles. The molecule has 5 heteroatoms. The van der Waals surface area contributed by atoms with E-state index in [-0.39, 0.29) is 0 Å². The van der Waals surface area contributed by atoms with Crippen molar-refractivity contribution in [2.45, 2.75) is 24.5 Å². The van der Waals surface area contributed by atoms with E-state index in [1.54, 1.807) is 7.11 Å². The largest absolute Gasteiger partial charge is 0.479 e. The number of halogens is 1. The van der Waals surface area contributed by atoms with Gasteiger partial charge in [0.15, 0.2) is 0 Å². The smallest absolute Gasteiger partial charge is 0.252 e. The van der Waals surface area contributed by atoms with Crippen LogP contribution in [0.1, 0.15) is 30.2 Å². The van der Waals surface area contributed by atoms with Crippen LogP contribution in [-0.4, -0.2) is 23.1 Å². The van der Waals surface area contributed by atoms with Crippen LogP contribution in [0.25, 0.3) is 0 Å². The van der Waals surface area contributed by atoms with E-state index in [9.17, 15) is 0 Å². The molecule has 1 aliphatic rings. The van der Waals surface area contributed by atoms with Gasteiger partial charge in [-0.15, -0.1) is 5.10 Å². The van der Waals surface area contributed by atoms with Gasteiger partial charge in [-0.3, -0.25) is 0 Å². The third kappa shape index (κ3) is 2.55. The summed E-state index contributed by atoms with van der Waals surface area (Å²) >= 11 is 7.95. The zero-order valence-electron chi connectivity index (χ0n) is 8.57. The number of ether oxygens (including phenoxy) is 1. The molecule has 0 spiro atoms. The van der Waals surface area contributed by atoms with Crippen LogP contribution >= 0.6 is 23.4 Å². The van der Waals surface area contributed by atoms with Gasteiger partial charge in [-0.25, -0.2) is 0 Å².